The van der Waals surface area contributed by atoms with E-state index in [1.54, 1.807) is 44.2 Å². The van der Waals surface area contributed by atoms with E-state index in [1.165, 1.54) is 0 Å². The molecule has 6 nitrogen and oxygen atoms in total. The summed E-state index contributed by atoms with van der Waals surface area (Å²) >= 11 is 13.5. The standard InChI is InChI=1S/C27H25Cl2N3O3S/c1-32-25(18-6-11-21(35-3)12-7-18)24(17-4-9-20(34-2)10-5-17)31-27(32)36-15-14-30-26(33)19-8-13-22(28)23(29)16-19/h4-13,16H,14-15H2,1-3H3,(H,30,33). The molecule has 0 radical (unpaired) electrons. The highest BCUT2D eigenvalue weighted by Gasteiger charge is 2.19. The van der Waals surface area contributed by atoms with Crippen LogP contribution >= 0.6 is 35.0 Å². The Kier molecular flexibility index (Phi) is 8.46. The molecule has 0 fully saturated rings. The van der Waals surface area contributed by atoms with Crippen molar-refractivity contribution in [2.45, 2.75) is 5.16 Å². The lowest BCUT2D eigenvalue weighted by Crippen LogP contribution is -2.25. The fraction of sp³-hybridized carbons (Fsp3) is 0.185. The van der Waals surface area contributed by atoms with Crippen molar-refractivity contribution in [2.75, 3.05) is 26.5 Å². The van der Waals surface area contributed by atoms with Crippen molar-refractivity contribution < 1.29 is 14.3 Å². The molecule has 4 aromatic rings. The topological polar surface area (TPSA) is 65.4 Å². The Morgan fingerprint density at radius 1 is 0.917 bits per heavy atom. The number of ether oxygens (including phenoxy) is 2. The van der Waals surface area contributed by atoms with E-state index in [2.05, 4.69) is 9.88 Å². The minimum Gasteiger partial charge on any atom is -0.497 e. The molecule has 4 rings (SSSR count). The smallest absolute Gasteiger partial charge is 0.251 e. The van der Waals surface area contributed by atoms with Crippen molar-refractivity contribution in [2.24, 2.45) is 7.05 Å². The average Bonchev–Trinajstić information content (AvgIpc) is 3.23. The summed E-state index contributed by atoms with van der Waals surface area (Å²) in [6.07, 6.45) is 0. The largest absolute Gasteiger partial charge is 0.497 e. The number of carbonyl (C=O) groups excluding carboxylic acids is 1. The lowest BCUT2D eigenvalue weighted by molar-refractivity contribution is 0.0956. The van der Waals surface area contributed by atoms with E-state index in [0.717, 1.165) is 39.2 Å². The number of thioether (sulfide) groups is 1. The summed E-state index contributed by atoms with van der Waals surface area (Å²) in [4.78, 5) is 17.4. The maximum atomic E-state index is 12.5. The molecule has 1 N–H and O–H groups in total. The summed E-state index contributed by atoms with van der Waals surface area (Å²) in [6.45, 7) is 0.465. The van der Waals surface area contributed by atoms with Crippen molar-refractivity contribution in [3.05, 3.63) is 82.3 Å². The number of halogens is 2. The molecule has 0 saturated carbocycles. The van der Waals surface area contributed by atoms with E-state index < -0.39 is 0 Å². The van der Waals surface area contributed by atoms with E-state index in [9.17, 15) is 4.79 Å². The van der Waals surface area contributed by atoms with E-state index in [0.29, 0.717) is 27.9 Å². The quantitative estimate of drug-likeness (QED) is 0.191. The SMILES string of the molecule is COc1ccc(-c2nc(SCCNC(=O)c3ccc(Cl)c(Cl)c3)n(C)c2-c2ccc(OC)cc2)cc1. The molecule has 36 heavy (non-hydrogen) atoms. The van der Waals surface area contributed by atoms with Crippen LogP contribution in [0.4, 0.5) is 0 Å². The highest BCUT2D eigenvalue weighted by atomic mass is 35.5. The molecule has 0 aliphatic heterocycles. The second kappa shape index (κ2) is 11.7. The number of amides is 1. The van der Waals surface area contributed by atoms with Crippen LogP contribution < -0.4 is 14.8 Å². The first-order valence-electron chi connectivity index (χ1n) is 11.1. The Morgan fingerprint density at radius 3 is 2.11 bits per heavy atom. The van der Waals surface area contributed by atoms with Crippen molar-refractivity contribution in [3.63, 3.8) is 0 Å². The summed E-state index contributed by atoms with van der Waals surface area (Å²) in [5.41, 5.74) is 4.33. The monoisotopic (exact) mass is 541 g/mol. The molecule has 0 saturated heterocycles. The predicted molar refractivity (Wildman–Crippen MR) is 147 cm³/mol. The summed E-state index contributed by atoms with van der Waals surface area (Å²) in [5, 5.41) is 4.53. The van der Waals surface area contributed by atoms with Crippen LogP contribution in [0.15, 0.2) is 71.9 Å². The number of hydrogen-bond acceptors (Lipinski definition) is 5. The maximum absolute atomic E-state index is 12.5. The van der Waals surface area contributed by atoms with Crippen LogP contribution in [0.1, 0.15) is 10.4 Å². The van der Waals surface area contributed by atoms with Gasteiger partial charge in [0.2, 0.25) is 0 Å². The summed E-state index contributed by atoms with van der Waals surface area (Å²) < 4.78 is 12.7. The first kappa shape index (κ1) is 25.9. The average molecular weight is 542 g/mol. The van der Waals surface area contributed by atoms with Crippen LogP contribution in [-0.4, -0.2) is 42.0 Å². The van der Waals surface area contributed by atoms with Gasteiger partial charge in [0.15, 0.2) is 5.16 Å². The third-order valence-corrected chi connectivity index (χ3v) is 7.35. The number of imidazole rings is 1. The summed E-state index contributed by atoms with van der Waals surface area (Å²) in [7, 11) is 5.29. The first-order chi connectivity index (χ1) is 17.4. The summed E-state index contributed by atoms with van der Waals surface area (Å²) in [5.74, 6) is 2.02. The molecule has 0 unspecified atom stereocenters. The van der Waals surface area contributed by atoms with Crippen LogP contribution in [0.2, 0.25) is 10.0 Å². The molecule has 0 atom stereocenters. The number of hydrogen-bond donors (Lipinski definition) is 1. The normalized spacial score (nSPS) is 10.8. The molecule has 0 aliphatic rings. The highest BCUT2D eigenvalue weighted by Crippen LogP contribution is 2.36. The van der Waals surface area contributed by atoms with E-state index in [1.807, 2.05) is 55.6 Å². The van der Waals surface area contributed by atoms with Gasteiger partial charge in [0, 0.05) is 36.0 Å². The maximum Gasteiger partial charge on any atom is 0.251 e. The Morgan fingerprint density at radius 2 is 1.53 bits per heavy atom. The van der Waals surface area contributed by atoms with Crippen molar-refractivity contribution in [3.8, 4) is 34.0 Å². The Balaban J connectivity index is 1.53. The summed E-state index contributed by atoms with van der Waals surface area (Å²) in [6, 6.07) is 20.6. The van der Waals surface area contributed by atoms with Crippen LogP contribution in [-0.2, 0) is 7.05 Å². The Labute approximate surface area is 224 Å². The number of benzene rings is 3. The second-order valence-electron chi connectivity index (χ2n) is 7.84. The molecule has 0 aliphatic carbocycles. The number of carbonyl (C=O) groups is 1. The number of rotatable bonds is 9. The fourth-order valence-electron chi connectivity index (χ4n) is 3.68. The molecular formula is C27H25Cl2N3O3S. The van der Waals surface area contributed by atoms with E-state index >= 15 is 0 Å². The van der Waals surface area contributed by atoms with Crippen LogP contribution in [0.5, 0.6) is 11.5 Å². The zero-order chi connectivity index (χ0) is 25.7. The van der Waals surface area contributed by atoms with E-state index in [4.69, 9.17) is 37.7 Å². The number of aromatic nitrogens is 2. The van der Waals surface area contributed by atoms with Crippen LogP contribution in [0.3, 0.4) is 0 Å². The fourth-order valence-corrected chi connectivity index (χ4v) is 4.81. The Hall–Kier alpha value is -3.13. The van der Waals surface area contributed by atoms with Crippen molar-refractivity contribution in [1.82, 2.24) is 14.9 Å². The van der Waals surface area contributed by atoms with Gasteiger partial charge in [0.05, 0.1) is 35.7 Å². The number of nitrogens with zero attached hydrogens (tertiary/aromatic N) is 2. The van der Waals surface area contributed by atoms with Gasteiger partial charge >= 0.3 is 0 Å². The molecule has 0 spiro atoms. The van der Waals surface area contributed by atoms with Crippen molar-refractivity contribution in [1.29, 1.82) is 0 Å². The van der Waals surface area contributed by atoms with Gasteiger partial charge in [-0.05, 0) is 66.7 Å². The van der Waals surface area contributed by atoms with Gasteiger partial charge in [-0.2, -0.15) is 0 Å². The molecule has 3 aromatic carbocycles. The molecule has 1 amide bonds. The first-order valence-corrected chi connectivity index (χ1v) is 12.9. The van der Waals surface area contributed by atoms with Gasteiger partial charge in [-0.1, -0.05) is 35.0 Å². The molecule has 1 aromatic heterocycles. The Bertz CT molecular complexity index is 1360. The number of nitrogens with one attached hydrogen (secondary N) is 1. The zero-order valence-corrected chi connectivity index (χ0v) is 22.4. The van der Waals surface area contributed by atoms with Crippen molar-refractivity contribution >= 4 is 40.9 Å². The minimum atomic E-state index is -0.202. The lowest BCUT2D eigenvalue weighted by Gasteiger charge is -2.09. The lowest BCUT2D eigenvalue weighted by atomic mass is 10.0. The molecule has 1 heterocycles. The van der Waals surface area contributed by atoms with Crippen LogP contribution in [0, 0.1) is 0 Å². The highest BCUT2D eigenvalue weighted by molar-refractivity contribution is 7.99. The van der Waals surface area contributed by atoms with Gasteiger partial charge < -0.3 is 19.4 Å². The predicted octanol–water partition coefficient (Wildman–Crippen LogP) is 6.60. The molecule has 186 valence electrons. The molecule has 9 heteroatoms. The third kappa shape index (κ3) is 5.81. The van der Waals surface area contributed by atoms with Gasteiger partial charge in [-0.3, -0.25) is 4.79 Å². The van der Waals surface area contributed by atoms with Gasteiger partial charge in [-0.15, -0.1) is 0 Å². The van der Waals surface area contributed by atoms with Crippen LogP contribution in [0.25, 0.3) is 22.5 Å². The van der Waals surface area contributed by atoms with Gasteiger partial charge in [0.25, 0.3) is 5.91 Å². The molecular weight excluding hydrogens is 517 g/mol. The third-order valence-electron chi connectivity index (χ3n) is 5.58. The zero-order valence-electron chi connectivity index (χ0n) is 20.0. The van der Waals surface area contributed by atoms with Gasteiger partial charge in [0.1, 0.15) is 11.5 Å². The van der Waals surface area contributed by atoms with E-state index in [-0.39, 0.29) is 5.91 Å². The number of methoxy groups -OCH3 is 2. The minimum absolute atomic E-state index is 0.202. The second-order valence-corrected chi connectivity index (χ2v) is 9.72. The molecule has 0 bridgehead atoms. The van der Waals surface area contributed by atoms with Gasteiger partial charge in [-0.25, -0.2) is 4.98 Å².